The van der Waals surface area contributed by atoms with Gasteiger partial charge in [-0.05, 0) is 37.0 Å². The van der Waals surface area contributed by atoms with E-state index in [4.69, 9.17) is 19.2 Å². The fraction of sp³-hybridized carbons (Fsp3) is 0.423. The van der Waals surface area contributed by atoms with E-state index in [0.29, 0.717) is 34.9 Å². The largest absolute Gasteiger partial charge is 0.458 e. The molecular weight excluding hydrogens is 436 g/mol. The molecule has 3 aliphatic rings. The van der Waals surface area contributed by atoms with Crippen molar-refractivity contribution < 1.29 is 24.1 Å². The van der Waals surface area contributed by atoms with Crippen LogP contribution in [0.5, 0.6) is 11.5 Å². The zero-order valence-electron chi connectivity index (χ0n) is 19.3. The number of hydrogen-bond donors (Lipinski definition) is 1. The van der Waals surface area contributed by atoms with Gasteiger partial charge in [-0.1, -0.05) is 26.7 Å². The van der Waals surface area contributed by atoms with E-state index in [1.54, 1.807) is 17.6 Å². The van der Waals surface area contributed by atoms with Gasteiger partial charge >= 0.3 is 5.97 Å². The molecule has 0 spiro atoms. The number of aromatic nitrogens is 2. The Balaban J connectivity index is 1.60. The maximum Gasteiger partial charge on any atom is 0.343 e. The third-order valence-corrected chi connectivity index (χ3v) is 7.33. The van der Waals surface area contributed by atoms with Crippen molar-refractivity contribution in [2.45, 2.75) is 64.7 Å². The van der Waals surface area contributed by atoms with E-state index in [-0.39, 0.29) is 25.4 Å². The van der Waals surface area contributed by atoms with Crippen LogP contribution in [0.3, 0.4) is 0 Å². The number of pyridine rings is 2. The summed E-state index contributed by atoms with van der Waals surface area (Å²) in [4.78, 5) is 30.9. The van der Waals surface area contributed by atoms with Crippen LogP contribution in [0, 0.1) is 0 Å². The first kappa shape index (κ1) is 21.2. The van der Waals surface area contributed by atoms with Gasteiger partial charge in [-0.3, -0.25) is 4.79 Å². The molecule has 1 atom stereocenters. The molecule has 0 saturated carbocycles. The van der Waals surface area contributed by atoms with Crippen LogP contribution in [-0.4, -0.2) is 27.4 Å². The molecule has 0 saturated heterocycles. The number of aryl methyl sites for hydroxylation is 1. The summed E-state index contributed by atoms with van der Waals surface area (Å²) < 4.78 is 18.1. The molecule has 0 radical (unpaired) electrons. The second-order valence-electron chi connectivity index (χ2n) is 9.20. The van der Waals surface area contributed by atoms with E-state index in [9.17, 15) is 14.7 Å². The normalized spacial score (nSPS) is 19.7. The molecule has 1 N–H and O–H groups in total. The van der Waals surface area contributed by atoms with Gasteiger partial charge in [-0.2, -0.15) is 0 Å². The Kier molecular flexibility index (Phi) is 4.71. The number of ether oxygens (including phenoxy) is 3. The number of esters is 1. The van der Waals surface area contributed by atoms with Crippen LogP contribution in [0.15, 0.2) is 23.0 Å². The van der Waals surface area contributed by atoms with Gasteiger partial charge in [-0.25, -0.2) is 9.78 Å². The van der Waals surface area contributed by atoms with Gasteiger partial charge < -0.3 is 23.9 Å². The summed E-state index contributed by atoms with van der Waals surface area (Å²) >= 11 is 0. The number of benzene rings is 1. The molecule has 6 rings (SSSR count). The molecule has 0 unspecified atom stereocenters. The summed E-state index contributed by atoms with van der Waals surface area (Å²) in [5.41, 5.74) is 2.86. The molecule has 0 fully saturated rings. The first-order chi connectivity index (χ1) is 16.5. The quantitative estimate of drug-likeness (QED) is 0.358. The maximum absolute atomic E-state index is 13.5. The molecule has 34 heavy (non-hydrogen) atoms. The smallest absolute Gasteiger partial charge is 0.343 e. The SMILES string of the molecule is CCCCCc1c2c(nc3cc4c(cc13)OCO4)-c1cc3c(c(=O)n1C2)COC(=O)[C@]3(O)CC. The van der Waals surface area contributed by atoms with Gasteiger partial charge in [0.15, 0.2) is 17.1 Å². The van der Waals surface area contributed by atoms with Gasteiger partial charge in [0.25, 0.3) is 5.56 Å². The Hall–Kier alpha value is -3.39. The van der Waals surface area contributed by atoms with Crippen LogP contribution in [0.2, 0.25) is 0 Å². The lowest BCUT2D eigenvalue weighted by molar-refractivity contribution is -0.172. The third-order valence-electron chi connectivity index (χ3n) is 7.33. The Labute approximate surface area is 196 Å². The molecule has 8 nitrogen and oxygen atoms in total. The number of unbranched alkanes of at least 4 members (excludes halogenated alkanes) is 2. The Morgan fingerprint density at radius 2 is 1.85 bits per heavy atom. The number of fused-ring (bicyclic) bond motifs is 6. The number of rotatable bonds is 5. The van der Waals surface area contributed by atoms with Crippen LogP contribution in [-0.2, 0) is 34.7 Å². The molecular formula is C26H26N2O6. The average molecular weight is 463 g/mol. The van der Waals surface area contributed by atoms with Gasteiger partial charge in [-0.15, -0.1) is 0 Å². The summed E-state index contributed by atoms with van der Waals surface area (Å²) in [5, 5.41) is 12.1. The summed E-state index contributed by atoms with van der Waals surface area (Å²) in [5.74, 6) is 0.644. The van der Waals surface area contributed by atoms with Gasteiger partial charge in [0, 0.05) is 22.6 Å². The van der Waals surface area contributed by atoms with Crippen LogP contribution >= 0.6 is 0 Å². The second-order valence-corrected chi connectivity index (χ2v) is 9.20. The molecule has 3 aromatic rings. The number of carbonyl (C=O) groups is 1. The highest BCUT2D eigenvalue weighted by atomic mass is 16.7. The minimum atomic E-state index is -1.84. The lowest BCUT2D eigenvalue weighted by Crippen LogP contribution is -2.44. The highest BCUT2D eigenvalue weighted by molar-refractivity contribution is 5.91. The zero-order chi connectivity index (χ0) is 23.6. The first-order valence-electron chi connectivity index (χ1n) is 11.9. The summed E-state index contributed by atoms with van der Waals surface area (Å²) in [6.45, 7) is 4.33. The van der Waals surface area contributed by atoms with E-state index < -0.39 is 11.6 Å². The molecule has 0 amide bonds. The zero-order valence-corrected chi connectivity index (χ0v) is 19.3. The van der Waals surface area contributed by atoms with Crippen LogP contribution in [0.4, 0.5) is 0 Å². The molecule has 0 bridgehead atoms. The Morgan fingerprint density at radius 1 is 1.06 bits per heavy atom. The van der Waals surface area contributed by atoms with Crippen molar-refractivity contribution in [1.82, 2.24) is 9.55 Å². The number of carbonyl (C=O) groups excluding carboxylic acids is 1. The Morgan fingerprint density at radius 3 is 2.62 bits per heavy atom. The number of aliphatic hydroxyl groups is 1. The molecule has 176 valence electrons. The van der Waals surface area contributed by atoms with Crippen molar-refractivity contribution in [3.63, 3.8) is 0 Å². The van der Waals surface area contributed by atoms with Crippen molar-refractivity contribution in [2.24, 2.45) is 0 Å². The number of hydrogen-bond acceptors (Lipinski definition) is 7. The third kappa shape index (κ3) is 2.84. The van der Waals surface area contributed by atoms with E-state index in [1.807, 2.05) is 12.1 Å². The summed E-state index contributed by atoms with van der Waals surface area (Å²) in [7, 11) is 0. The van der Waals surface area contributed by atoms with Crippen LogP contribution in [0.1, 0.15) is 61.8 Å². The minimum absolute atomic E-state index is 0.117. The average Bonchev–Trinajstić information content (AvgIpc) is 3.44. The van der Waals surface area contributed by atoms with E-state index in [1.165, 1.54) is 0 Å². The highest BCUT2D eigenvalue weighted by Gasteiger charge is 2.45. The van der Waals surface area contributed by atoms with E-state index in [2.05, 4.69) is 6.92 Å². The standard InChI is InChI=1S/C26H26N2O6/c1-3-5-6-7-14-15-8-21-22(34-13-33-21)10-19(15)27-23-16(14)11-28-20(23)9-18-17(24(28)29)12-32-25(30)26(18,31)4-2/h8-10,31H,3-7,11-13H2,1-2H3/t26-/m0/s1. The van der Waals surface area contributed by atoms with Crippen molar-refractivity contribution in [2.75, 3.05) is 6.79 Å². The molecule has 8 heteroatoms. The first-order valence-corrected chi connectivity index (χ1v) is 11.9. The molecule has 5 heterocycles. The van der Waals surface area contributed by atoms with Gasteiger partial charge in [0.1, 0.15) is 6.61 Å². The van der Waals surface area contributed by atoms with E-state index >= 15 is 0 Å². The molecule has 3 aliphatic heterocycles. The molecule has 0 aliphatic carbocycles. The predicted molar refractivity (Wildman–Crippen MR) is 124 cm³/mol. The van der Waals surface area contributed by atoms with Crippen LogP contribution in [0.25, 0.3) is 22.3 Å². The van der Waals surface area contributed by atoms with Gasteiger partial charge in [0.2, 0.25) is 6.79 Å². The van der Waals surface area contributed by atoms with Crippen molar-refractivity contribution in [3.05, 3.63) is 50.8 Å². The topological polar surface area (TPSA) is 99.9 Å². The molecule has 2 aromatic heterocycles. The van der Waals surface area contributed by atoms with Crippen LogP contribution < -0.4 is 15.0 Å². The fourth-order valence-electron chi connectivity index (χ4n) is 5.39. The summed E-state index contributed by atoms with van der Waals surface area (Å²) in [6.07, 6.45) is 4.21. The van der Waals surface area contributed by atoms with Crippen molar-refractivity contribution in [1.29, 1.82) is 0 Å². The number of nitrogens with zero attached hydrogens (tertiary/aromatic N) is 2. The van der Waals surface area contributed by atoms with E-state index in [0.717, 1.165) is 53.4 Å². The highest BCUT2D eigenvalue weighted by Crippen LogP contribution is 2.43. The molecule has 1 aromatic carbocycles. The van der Waals surface area contributed by atoms with Crippen molar-refractivity contribution >= 4 is 16.9 Å². The predicted octanol–water partition coefficient (Wildman–Crippen LogP) is 3.54. The lowest BCUT2D eigenvalue weighted by atomic mass is 9.86. The minimum Gasteiger partial charge on any atom is -0.458 e. The summed E-state index contributed by atoms with van der Waals surface area (Å²) in [6, 6.07) is 5.64. The maximum atomic E-state index is 13.5. The Bertz CT molecular complexity index is 1430. The second kappa shape index (κ2) is 7.56. The lowest BCUT2D eigenvalue weighted by Gasteiger charge is -2.31. The van der Waals surface area contributed by atoms with Crippen molar-refractivity contribution in [3.8, 4) is 22.9 Å². The fourth-order valence-corrected chi connectivity index (χ4v) is 5.39. The van der Waals surface area contributed by atoms with Gasteiger partial charge in [0.05, 0.1) is 29.0 Å². The monoisotopic (exact) mass is 462 g/mol. The number of cyclic esters (lactones) is 1.